The van der Waals surface area contributed by atoms with E-state index in [4.69, 9.17) is 0 Å². The number of hydrogen-bond donors (Lipinski definition) is 0. The molecule has 0 aliphatic heterocycles. The Balaban J connectivity index is 0.000000810. The van der Waals surface area contributed by atoms with E-state index in [1.54, 1.807) is 12.1 Å². The van der Waals surface area contributed by atoms with Crippen LogP contribution in [-0.2, 0) is 4.79 Å². The third-order valence-electron chi connectivity index (χ3n) is 0.931. The van der Waals surface area contributed by atoms with Crippen molar-refractivity contribution in [3.63, 3.8) is 0 Å². The van der Waals surface area contributed by atoms with Gasteiger partial charge >= 0.3 is 0 Å². The van der Waals surface area contributed by atoms with Gasteiger partial charge < -0.3 is 0 Å². The summed E-state index contributed by atoms with van der Waals surface area (Å²) in [5.41, 5.74) is 0.646. The van der Waals surface area contributed by atoms with E-state index in [2.05, 4.69) is 4.99 Å². The molecule has 0 aliphatic rings. The second-order valence-electron chi connectivity index (χ2n) is 1.54. The topological polar surface area (TPSA) is 29.4 Å². The maximum Gasteiger partial charge on any atom is 0.240 e. The zero-order chi connectivity index (χ0) is 6.53. The molecule has 0 unspecified atom stereocenters. The molecule has 10 heavy (non-hydrogen) atoms. The molecule has 1 aromatic carbocycles. The SMILES string of the molecule is O=C=Nc1ccccc1.[Na]. The molecule has 0 heterocycles. The number of aliphatic imine (C=N–C) groups is 1. The predicted molar refractivity (Wildman–Crippen MR) is 40.0 cm³/mol. The van der Waals surface area contributed by atoms with Crippen LogP contribution < -0.4 is 0 Å². The summed E-state index contributed by atoms with van der Waals surface area (Å²) in [6, 6.07) is 8.98. The van der Waals surface area contributed by atoms with E-state index >= 15 is 0 Å². The number of para-hydroxylation sites is 1. The average molecular weight is 142 g/mol. The third kappa shape index (κ3) is 2.95. The summed E-state index contributed by atoms with van der Waals surface area (Å²) in [7, 11) is 0. The van der Waals surface area contributed by atoms with Gasteiger partial charge in [0.2, 0.25) is 6.08 Å². The molecule has 45 valence electrons. The third-order valence-corrected chi connectivity index (χ3v) is 0.931. The van der Waals surface area contributed by atoms with Crippen molar-refractivity contribution in [2.75, 3.05) is 0 Å². The van der Waals surface area contributed by atoms with Crippen molar-refractivity contribution in [2.24, 2.45) is 4.99 Å². The Hall–Kier alpha value is -0.400. The molecule has 0 amide bonds. The van der Waals surface area contributed by atoms with Gasteiger partial charge in [0.15, 0.2) is 0 Å². The fourth-order valence-corrected chi connectivity index (χ4v) is 0.555. The van der Waals surface area contributed by atoms with E-state index < -0.39 is 0 Å². The molecule has 0 spiro atoms. The van der Waals surface area contributed by atoms with E-state index in [0.717, 1.165) is 0 Å². The molecule has 2 nitrogen and oxygen atoms in total. The minimum Gasteiger partial charge on any atom is -0.211 e. The van der Waals surface area contributed by atoms with Crippen LogP contribution in [-0.4, -0.2) is 35.6 Å². The Morgan fingerprint density at radius 3 is 2.30 bits per heavy atom. The van der Waals surface area contributed by atoms with Gasteiger partial charge in [-0.1, -0.05) is 18.2 Å². The molecule has 1 aromatic rings. The summed E-state index contributed by atoms with van der Waals surface area (Å²) in [5.74, 6) is 0. The fraction of sp³-hybridized carbons (Fsp3) is 0. The average Bonchev–Trinajstić information content (AvgIpc) is 1.91. The number of carbonyl (C=O) groups excluding carboxylic acids is 1. The van der Waals surface area contributed by atoms with Crippen molar-refractivity contribution in [3.05, 3.63) is 30.3 Å². The minimum absolute atomic E-state index is 0. The van der Waals surface area contributed by atoms with Crippen LogP contribution in [0.5, 0.6) is 0 Å². The van der Waals surface area contributed by atoms with E-state index in [1.165, 1.54) is 6.08 Å². The number of nitrogens with zero attached hydrogens (tertiary/aromatic N) is 1. The van der Waals surface area contributed by atoms with Crippen LogP contribution in [0.1, 0.15) is 0 Å². The van der Waals surface area contributed by atoms with Gasteiger partial charge in [-0.25, -0.2) is 4.79 Å². The van der Waals surface area contributed by atoms with Crippen molar-refractivity contribution in [1.29, 1.82) is 0 Å². The van der Waals surface area contributed by atoms with Crippen molar-refractivity contribution < 1.29 is 4.79 Å². The van der Waals surface area contributed by atoms with Crippen LogP contribution in [0.15, 0.2) is 35.3 Å². The van der Waals surface area contributed by atoms with Crippen molar-refractivity contribution in [2.45, 2.75) is 0 Å². The number of isocyanates is 1. The minimum atomic E-state index is 0. The van der Waals surface area contributed by atoms with Gasteiger partial charge in [-0.05, 0) is 12.1 Å². The second kappa shape index (κ2) is 5.39. The van der Waals surface area contributed by atoms with Crippen LogP contribution in [0.2, 0.25) is 0 Å². The maximum atomic E-state index is 9.68. The standard InChI is InChI=1S/C7H5NO.Na/c9-6-8-7-4-2-1-3-5-7;/h1-5H;. The molecule has 0 aliphatic carbocycles. The zero-order valence-electron chi connectivity index (χ0n) is 5.74. The normalized spacial score (nSPS) is 7.20. The summed E-state index contributed by atoms with van der Waals surface area (Å²) in [5, 5.41) is 0. The Morgan fingerprint density at radius 1 is 1.20 bits per heavy atom. The number of benzene rings is 1. The molecule has 0 saturated heterocycles. The summed E-state index contributed by atoms with van der Waals surface area (Å²) in [6.07, 6.45) is 1.46. The zero-order valence-corrected chi connectivity index (χ0v) is 7.74. The molecule has 1 rings (SSSR count). The van der Waals surface area contributed by atoms with Gasteiger partial charge in [0.25, 0.3) is 0 Å². The van der Waals surface area contributed by atoms with Crippen molar-refractivity contribution >= 4 is 41.3 Å². The Kier molecular flexibility index (Phi) is 5.17. The number of rotatable bonds is 1. The van der Waals surface area contributed by atoms with Crippen molar-refractivity contribution in [1.82, 2.24) is 0 Å². The molecular weight excluding hydrogens is 137 g/mol. The van der Waals surface area contributed by atoms with Gasteiger partial charge in [0.1, 0.15) is 0 Å². The smallest absolute Gasteiger partial charge is 0.211 e. The molecule has 0 saturated carbocycles. The largest absolute Gasteiger partial charge is 0.240 e. The Morgan fingerprint density at radius 2 is 1.80 bits per heavy atom. The molecule has 3 heteroatoms. The van der Waals surface area contributed by atoms with Gasteiger partial charge in [-0.2, -0.15) is 4.99 Å². The van der Waals surface area contributed by atoms with Crippen LogP contribution in [0, 0.1) is 0 Å². The first-order valence-electron chi connectivity index (χ1n) is 2.56. The monoisotopic (exact) mass is 142 g/mol. The molecule has 1 radical (unpaired) electrons. The van der Waals surface area contributed by atoms with Gasteiger partial charge in [0.05, 0.1) is 5.69 Å². The van der Waals surface area contributed by atoms with E-state index in [9.17, 15) is 4.79 Å². The first kappa shape index (κ1) is 9.60. The quantitative estimate of drug-likeness (QED) is 0.330. The fourth-order valence-electron chi connectivity index (χ4n) is 0.555. The summed E-state index contributed by atoms with van der Waals surface area (Å²) in [4.78, 5) is 13.1. The van der Waals surface area contributed by atoms with Crippen LogP contribution in [0.3, 0.4) is 0 Å². The first-order chi connectivity index (χ1) is 4.43. The van der Waals surface area contributed by atoms with E-state index in [-0.39, 0.29) is 29.6 Å². The predicted octanol–water partition coefficient (Wildman–Crippen LogP) is 1.27. The van der Waals surface area contributed by atoms with Crippen molar-refractivity contribution in [3.8, 4) is 0 Å². The molecule has 0 bridgehead atoms. The summed E-state index contributed by atoms with van der Waals surface area (Å²) < 4.78 is 0. The molecule has 0 atom stereocenters. The first-order valence-corrected chi connectivity index (χ1v) is 2.56. The summed E-state index contributed by atoms with van der Waals surface area (Å²) >= 11 is 0. The van der Waals surface area contributed by atoms with Crippen LogP contribution in [0.25, 0.3) is 0 Å². The number of hydrogen-bond acceptors (Lipinski definition) is 2. The van der Waals surface area contributed by atoms with E-state index in [0.29, 0.717) is 5.69 Å². The Bertz CT molecular complexity index is 229. The molecular formula is C7H5NNaO. The van der Waals surface area contributed by atoms with Crippen LogP contribution >= 0.6 is 0 Å². The van der Waals surface area contributed by atoms with Gasteiger partial charge in [0, 0.05) is 29.6 Å². The molecule has 0 aromatic heterocycles. The summed E-state index contributed by atoms with van der Waals surface area (Å²) in [6.45, 7) is 0. The molecule has 0 fully saturated rings. The Labute approximate surface area is 81.3 Å². The van der Waals surface area contributed by atoms with Gasteiger partial charge in [-0.3, -0.25) is 0 Å². The van der Waals surface area contributed by atoms with Gasteiger partial charge in [-0.15, -0.1) is 0 Å². The van der Waals surface area contributed by atoms with E-state index in [1.807, 2.05) is 18.2 Å². The van der Waals surface area contributed by atoms with Crippen LogP contribution in [0.4, 0.5) is 5.69 Å². The second-order valence-corrected chi connectivity index (χ2v) is 1.54. The molecule has 0 N–H and O–H groups in total. The maximum absolute atomic E-state index is 9.68.